The van der Waals surface area contributed by atoms with Crippen LogP contribution in [0.5, 0.6) is 5.75 Å². The zero-order chi connectivity index (χ0) is 29.0. The van der Waals surface area contributed by atoms with E-state index in [1.54, 1.807) is 52.2 Å². The summed E-state index contributed by atoms with van der Waals surface area (Å²) in [5.74, 6) is -2.75. The minimum Gasteiger partial charge on any atom is -0.496 e. The molecule has 0 spiro atoms. The predicted molar refractivity (Wildman–Crippen MR) is 148 cm³/mol. The summed E-state index contributed by atoms with van der Waals surface area (Å²) in [6.07, 6.45) is -0.721. The van der Waals surface area contributed by atoms with Crippen molar-refractivity contribution in [2.24, 2.45) is 5.41 Å². The fourth-order valence-corrected chi connectivity index (χ4v) is 3.48. The number of nitrogens with zero attached hydrogens (tertiary/aromatic N) is 2. The Morgan fingerprint density at radius 2 is 1.53 bits per heavy atom. The molecule has 2 aromatic carbocycles. The van der Waals surface area contributed by atoms with Gasteiger partial charge in [-0.25, -0.2) is 4.79 Å². The molecule has 0 aliphatic rings. The van der Waals surface area contributed by atoms with Crippen LogP contribution in [0, 0.1) is 5.41 Å². The number of ether oxygens (including phenoxy) is 2. The Labute approximate surface area is 233 Å². The van der Waals surface area contributed by atoms with Gasteiger partial charge in [0.2, 0.25) is 11.7 Å². The zero-order valence-electron chi connectivity index (χ0n) is 23.0. The van der Waals surface area contributed by atoms with Crippen molar-refractivity contribution in [3.8, 4) is 5.75 Å². The molecule has 0 aliphatic carbocycles. The lowest BCUT2D eigenvalue weighted by molar-refractivity contribution is -0.172. The number of amides is 2. The largest absolute Gasteiger partial charge is 0.496 e. The van der Waals surface area contributed by atoms with Crippen molar-refractivity contribution >= 4 is 52.5 Å². The normalized spacial score (nSPS) is 11.5. The monoisotopic (exact) mass is 564 g/mol. The maximum absolute atomic E-state index is 13.4. The Bertz CT molecular complexity index is 1230. The molecule has 0 aliphatic heterocycles. The third kappa shape index (κ3) is 7.48. The number of benzene rings is 2. The molecule has 0 saturated heterocycles. The van der Waals surface area contributed by atoms with Gasteiger partial charge in [0.25, 0.3) is 5.91 Å². The second kappa shape index (κ2) is 12.2. The van der Waals surface area contributed by atoms with E-state index < -0.39 is 35.1 Å². The number of hydrogen-bond acceptors (Lipinski definition) is 6. The van der Waals surface area contributed by atoms with Crippen molar-refractivity contribution in [2.45, 2.75) is 53.2 Å². The third-order valence-corrected chi connectivity index (χ3v) is 7.19. The molecule has 0 aromatic heterocycles. The number of anilines is 1. The van der Waals surface area contributed by atoms with Crippen molar-refractivity contribution in [2.75, 3.05) is 26.1 Å². The van der Waals surface area contributed by atoms with Crippen LogP contribution >= 0.6 is 23.2 Å². The van der Waals surface area contributed by atoms with Crippen molar-refractivity contribution in [1.82, 2.24) is 4.90 Å². The van der Waals surface area contributed by atoms with E-state index in [0.717, 1.165) is 0 Å². The van der Waals surface area contributed by atoms with Gasteiger partial charge in [0.05, 0.1) is 35.7 Å². The van der Waals surface area contributed by atoms with Gasteiger partial charge in [-0.15, -0.1) is 0 Å². The molecule has 0 fully saturated rings. The van der Waals surface area contributed by atoms with E-state index in [-0.39, 0.29) is 18.2 Å². The Morgan fingerprint density at radius 3 is 2.05 bits per heavy atom. The number of rotatable bonds is 9. The highest BCUT2D eigenvalue weighted by molar-refractivity contribution is 6.42. The summed E-state index contributed by atoms with van der Waals surface area (Å²) in [5, 5.41) is 0.644. The van der Waals surface area contributed by atoms with E-state index in [0.29, 0.717) is 26.9 Å². The minimum atomic E-state index is -1.09. The first kappa shape index (κ1) is 31.1. The summed E-state index contributed by atoms with van der Waals surface area (Å²) in [5.41, 5.74) is -0.0967. The third-order valence-electron chi connectivity index (χ3n) is 6.45. The topological polar surface area (TPSA) is 93.2 Å². The van der Waals surface area contributed by atoms with Crippen LogP contribution in [-0.2, 0) is 25.7 Å². The smallest absolute Gasteiger partial charge is 0.375 e. The van der Waals surface area contributed by atoms with E-state index in [1.807, 2.05) is 20.8 Å². The molecule has 10 heteroatoms. The lowest BCUT2D eigenvalue weighted by Crippen LogP contribution is -2.43. The second-order valence-electron chi connectivity index (χ2n) is 10.6. The molecule has 0 bridgehead atoms. The molecule has 0 heterocycles. The number of ketones is 1. The first-order valence-electron chi connectivity index (χ1n) is 11.9. The van der Waals surface area contributed by atoms with Crippen LogP contribution < -0.4 is 9.64 Å². The SMILES string of the molecule is COc1cc(N(Cc2ccc(Cl)c(Cl)c2)C(=O)CC(=O)C(=O)OC(C)(C)C(C)(C)C)ccc1C(=O)N(C)C. The second-order valence-corrected chi connectivity index (χ2v) is 11.4. The van der Waals surface area contributed by atoms with E-state index >= 15 is 0 Å². The van der Waals surface area contributed by atoms with E-state index in [1.165, 1.54) is 29.0 Å². The van der Waals surface area contributed by atoms with Crippen LogP contribution in [0.15, 0.2) is 36.4 Å². The van der Waals surface area contributed by atoms with Crippen molar-refractivity contribution in [3.05, 3.63) is 57.6 Å². The number of carbonyl (C=O) groups is 4. The molecular weight excluding hydrogens is 531 g/mol. The minimum absolute atomic E-state index is 0.00959. The van der Waals surface area contributed by atoms with E-state index in [9.17, 15) is 19.2 Å². The number of halogens is 2. The molecule has 2 rings (SSSR count). The van der Waals surface area contributed by atoms with Gasteiger partial charge in [0.15, 0.2) is 0 Å². The van der Waals surface area contributed by atoms with Crippen LogP contribution in [0.2, 0.25) is 10.0 Å². The van der Waals surface area contributed by atoms with Crippen LogP contribution in [0.4, 0.5) is 5.69 Å². The van der Waals surface area contributed by atoms with E-state index in [4.69, 9.17) is 32.7 Å². The number of Topliss-reactive ketones (excluding diaryl/α,β-unsaturated/α-hetero) is 1. The first-order valence-corrected chi connectivity index (χ1v) is 12.6. The van der Waals surface area contributed by atoms with Gasteiger partial charge in [0.1, 0.15) is 11.4 Å². The predicted octanol–water partition coefficient (Wildman–Crippen LogP) is 5.56. The fourth-order valence-electron chi connectivity index (χ4n) is 3.16. The maximum atomic E-state index is 13.4. The summed E-state index contributed by atoms with van der Waals surface area (Å²) < 4.78 is 10.9. The number of carbonyl (C=O) groups excluding carboxylic acids is 4. The highest BCUT2D eigenvalue weighted by Crippen LogP contribution is 2.33. The molecule has 0 saturated carbocycles. The summed E-state index contributed by atoms with van der Waals surface area (Å²) >= 11 is 12.2. The lowest BCUT2D eigenvalue weighted by atomic mass is 9.79. The molecule has 0 atom stereocenters. The Balaban J connectivity index is 2.43. The molecule has 2 amide bonds. The first-order chi connectivity index (χ1) is 17.5. The Hall–Kier alpha value is -3.10. The molecule has 206 valence electrons. The summed E-state index contributed by atoms with van der Waals surface area (Å²) in [6, 6.07) is 9.52. The lowest BCUT2D eigenvalue weighted by Gasteiger charge is -2.37. The molecule has 2 aromatic rings. The molecule has 0 unspecified atom stereocenters. The van der Waals surface area contributed by atoms with Gasteiger partial charge in [-0.05, 0) is 43.7 Å². The summed E-state index contributed by atoms with van der Waals surface area (Å²) in [7, 11) is 4.63. The molecule has 0 radical (unpaired) electrons. The van der Waals surface area contributed by atoms with E-state index in [2.05, 4.69) is 0 Å². The number of hydrogen-bond donors (Lipinski definition) is 0. The van der Waals surface area contributed by atoms with Crippen LogP contribution in [-0.4, -0.2) is 55.3 Å². The van der Waals surface area contributed by atoms with Gasteiger partial charge < -0.3 is 19.3 Å². The van der Waals surface area contributed by atoms with Gasteiger partial charge in [-0.1, -0.05) is 50.0 Å². The van der Waals surface area contributed by atoms with Crippen molar-refractivity contribution in [1.29, 1.82) is 0 Å². The highest BCUT2D eigenvalue weighted by atomic mass is 35.5. The molecule has 8 nitrogen and oxygen atoms in total. The highest BCUT2D eigenvalue weighted by Gasteiger charge is 2.38. The van der Waals surface area contributed by atoms with Gasteiger partial charge in [0, 0.05) is 31.3 Å². The quantitative estimate of drug-likeness (QED) is 0.225. The van der Waals surface area contributed by atoms with Crippen LogP contribution in [0.25, 0.3) is 0 Å². The summed E-state index contributed by atoms with van der Waals surface area (Å²) in [6.45, 7) is 9.07. The van der Waals surface area contributed by atoms with Gasteiger partial charge >= 0.3 is 5.97 Å². The Kier molecular flexibility index (Phi) is 9.97. The average Bonchev–Trinajstić information content (AvgIpc) is 2.82. The summed E-state index contributed by atoms with van der Waals surface area (Å²) in [4.78, 5) is 54.0. The molecule has 38 heavy (non-hydrogen) atoms. The standard InChI is InChI=1S/C28H34Cl2N2O6/c1-27(2,3)28(4,5)38-26(36)22(33)15-24(34)32(16-17-9-12-20(29)21(30)13-17)18-10-11-19(23(14-18)37-8)25(35)31(6)7/h9-14H,15-16H2,1-8H3. The maximum Gasteiger partial charge on any atom is 0.375 e. The van der Waals surface area contributed by atoms with Crippen LogP contribution in [0.3, 0.4) is 0 Å². The number of methoxy groups -OCH3 is 1. The Morgan fingerprint density at radius 1 is 0.895 bits per heavy atom. The average molecular weight is 565 g/mol. The molecule has 0 N–H and O–H groups in total. The van der Waals surface area contributed by atoms with Crippen molar-refractivity contribution in [3.63, 3.8) is 0 Å². The number of esters is 1. The van der Waals surface area contributed by atoms with Gasteiger partial charge in [-0.2, -0.15) is 0 Å². The van der Waals surface area contributed by atoms with Crippen LogP contribution in [0.1, 0.15) is 57.0 Å². The zero-order valence-corrected chi connectivity index (χ0v) is 24.5. The fraction of sp³-hybridized carbons (Fsp3) is 0.429. The van der Waals surface area contributed by atoms with Crippen molar-refractivity contribution < 1.29 is 28.7 Å². The molecular formula is C28H34Cl2N2O6. The van der Waals surface area contributed by atoms with Gasteiger partial charge in [-0.3, -0.25) is 14.4 Å².